The summed E-state index contributed by atoms with van der Waals surface area (Å²) in [5.41, 5.74) is 0.156. The number of benzene rings is 1. The molecule has 3 unspecified atom stereocenters. The molecule has 0 aromatic heterocycles. The third kappa shape index (κ3) is 5.02. The average molecular weight is 298 g/mol. The van der Waals surface area contributed by atoms with E-state index in [9.17, 15) is 8.78 Å². The Kier molecular flexibility index (Phi) is 6.08. The zero-order valence-electron chi connectivity index (χ0n) is 12.7. The Morgan fingerprint density at radius 3 is 2.62 bits per heavy atom. The summed E-state index contributed by atoms with van der Waals surface area (Å²) in [6, 6.07) is 4.61. The standard InChI is InChI=1S/C16H24F2N2O/c1-11(8-13-10-21-7-6-19-13)20-12(2)9-14-15(17)4-3-5-16(14)18/h3-5,11-13,19-20H,6-10H2,1-2H3. The first-order valence-corrected chi connectivity index (χ1v) is 7.56. The van der Waals surface area contributed by atoms with Gasteiger partial charge >= 0.3 is 0 Å². The fourth-order valence-corrected chi connectivity index (χ4v) is 2.84. The van der Waals surface area contributed by atoms with Crippen molar-refractivity contribution in [2.24, 2.45) is 0 Å². The Balaban J connectivity index is 1.81. The second kappa shape index (κ2) is 7.82. The SMILES string of the molecule is CC(Cc1c(F)cccc1F)NC(C)CC1COCCN1. The summed E-state index contributed by atoms with van der Waals surface area (Å²) in [7, 11) is 0. The fourth-order valence-electron chi connectivity index (χ4n) is 2.84. The van der Waals surface area contributed by atoms with Crippen LogP contribution in [0.1, 0.15) is 25.8 Å². The molecule has 2 rings (SSSR count). The van der Waals surface area contributed by atoms with Crippen molar-refractivity contribution in [3.05, 3.63) is 35.4 Å². The zero-order valence-corrected chi connectivity index (χ0v) is 12.7. The van der Waals surface area contributed by atoms with Crippen molar-refractivity contribution in [3.63, 3.8) is 0 Å². The fraction of sp³-hybridized carbons (Fsp3) is 0.625. The second-order valence-corrected chi connectivity index (χ2v) is 5.83. The van der Waals surface area contributed by atoms with E-state index >= 15 is 0 Å². The highest BCUT2D eigenvalue weighted by molar-refractivity contribution is 5.20. The molecule has 0 aliphatic carbocycles. The molecule has 1 fully saturated rings. The monoisotopic (exact) mass is 298 g/mol. The van der Waals surface area contributed by atoms with Gasteiger partial charge in [0, 0.05) is 30.2 Å². The molecule has 3 atom stereocenters. The highest BCUT2D eigenvalue weighted by Gasteiger charge is 2.18. The summed E-state index contributed by atoms with van der Waals surface area (Å²) in [5, 5.41) is 6.81. The van der Waals surface area contributed by atoms with Gasteiger partial charge < -0.3 is 15.4 Å². The quantitative estimate of drug-likeness (QED) is 0.845. The lowest BCUT2D eigenvalue weighted by Gasteiger charge is -2.28. The molecule has 5 heteroatoms. The molecule has 1 saturated heterocycles. The Hall–Kier alpha value is -1.04. The van der Waals surface area contributed by atoms with Crippen LogP contribution >= 0.6 is 0 Å². The largest absolute Gasteiger partial charge is 0.379 e. The molecular weight excluding hydrogens is 274 g/mol. The summed E-state index contributed by atoms with van der Waals surface area (Å²) in [6.07, 6.45) is 1.28. The Morgan fingerprint density at radius 1 is 1.29 bits per heavy atom. The van der Waals surface area contributed by atoms with Gasteiger partial charge in [0.2, 0.25) is 0 Å². The average Bonchev–Trinajstić information content (AvgIpc) is 2.44. The summed E-state index contributed by atoms with van der Waals surface area (Å²) < 4.78 is 32.7. The molecule has 2 N–H and O–H groups in total. The molecule has 1 aliphatic rings. The van der Waals surface area contributed by atoms with Crippen molar-refractivity contribution in [1.82, 2.24) is 10.6 Å². The summed E-state index contributed by atoms with van der Waals surface area (Å²) in [5.74, 6) is -0.947. The summed E-state index contributed by atoms with van der Waals surface area (Å²) in [4.78, 5) is 0. The highest BCUT2D eigenvalue weighted by Crippen LogP contribution is 2.14. The Bertz CT molecular complexity index is 430. The van der Waals surface area contributed by atoms with E-state index in [2.05, 4.69) is 17.6 Å². The number of morpholine rings is 1. The van der Waals surface area contributed by atoms with Crippen LogP contribution in [0.4, 0.5) is 8.78 Å². The van der Waals surface area contributed by atoms with Gasteiger partial charge in [-0.25, -0.2) is 8.78 Å². The normalized spacial score (nSPS) is 22.0. The minimum Gasteiger partial charge on any atom is -0.379 e. The first-order chi connectivity index (χ1) is 10.1. The van der Waals surface area contributed by atoms with Gasteiger partial charge in [0.25, 0.3) is 0 Å². The molecule has 118 valence electrons. The van der Waals surface area contributed by atoms with Crippen LogP contribution in [0.3, 0.4) is 0 Å². The van der Waals surface area contributed by atoms with Crippen LogP contribution in [-0.2, 0) is 11.2 Å². The van der Waals surface area contributed by atoms with Gasteiger partial charge in [-0.05, 0) is 38.8 Å². The number of halogens is 2. The van der Waals surface area contributed by atoms with Gasteiger partial charge in [0.1, 0.15) is 11.6 Å². The van der Waals surface area contributed by atoms with Crippen LogP contribution in [0, 0.1) is 11.6 Å². The molecule has 21 heavy (non-hydrogen) atoms. The predicted octanol–water partition coefficient (Wildman–Crippen LogP) is 2.25. The van der Waals surface area contributed by atoms with Gasteiger partial charge in [-0.3, -0.25) is 0 Å². The van der Waals surface area contributed by atoms with Crippen molar-refractivity contribution in [2.45, 2.75) is 44.8 Å². The van der Waals surface area contributed by atoms with E-state index in [1.165, 1.54) is 18.2 Å². The lowest BCUT2D eigenvalue weighted by molar-refractivity contribution is 0.0708. The van der Waals surface area contributed by atoms with Crippen LogP contribution in [0.2, 0.25) is 0 Å². The van der Waals surface area contributed by atoms with Crippen molar-refractivity contribution in [3.8, 4) is 0 Å². The molecule has 0 radical (unpaired) electrons. The van der Waals surface area contributed by atoms with Crippen LogP contribution in [-0.4, -0.2) is 37.9 Å². The van der Waals surface area contributed by atoms with E-state index < -0.39 is 11.6 Å². The number of hydrogen-bond acceptors (Lipinski definition) is 3. The molecule has 0 saturated carbocycles. The molecule has 0 amide bonds. The number of rotatable bonds is 6. The van der Waals surface area contributed by atoms with Gasteiger partial charge in [-0.2, -0.15) is 0 Å². The smallest absolute Gasteiger partial charge is 0.129 e. The molecule has 1 aromatic rings. The molecule has 3 nitrogen and oxygen atoms in total. The van der Waals surface area contributed by atoms with E-state index in [1.807, 2.05) is 6.92 Å². The van der Waals surface area contributed by atoms with Crippen LogP contribution in [0.15, 0.2) is 18.2 Å². The third-order valence-corrected chi connectivity index (χ3v) is 3.78. The van der Waals surface area contributed by atoms with Gasteiger partial charge in [0.15, 0.2) is 0 Å². The minimum atomic E-state index is -0.473. The van der Waals surface area contributed by atoms with E-state index in [0.717, 1.165) is 26.2 Å². The molecule has 0 spiro atoms. The molecule has 0 bridgehead atoms. The maximum absolute atomic E-state index is 13.6. The predicted molar refractivity (Wildman–Crippen MR) is 79.3 cm³/mol. The van der Waals surface area contributed by atoms with Crippen LogP contribution < -0.4 is 10.6 Å². The summed E-state index contributed by atoms with van der Waals surface area (Å²) in [6.45, 7) is 6.41. The van der Waals surface area contributed by atoms with Crippen molar-refractivity contribution in [2.75, 3.05) is 19.8 Å². The molecular formula is C16H24F2N2O. The molecule has 1 aliphatic heterocycles. The van der Waals surface area contributed by atoms with Crippen molar-refractivity contribution < 1.29 is 13.5 Å². The van der Waals surface area contributed by atoms with Crippen molar-refractivity contribution >= 4 is 0 Å². The number of ether oxygens (including phenoxy) is 1. The number of hydrogen-bond donors (Lipinski definition) is 2. The second-order valence-electron chi connectivity index (χ2n) is 5.83. The van der Waals surface area contributed by atoms with Gasteiger partial charge in [0.05, 0.1) is 13.2 Å². The van der Waals surface area contributed by atoms with E-state index in [-0.39, 0.29) is 17.6 Å². The highest BCUT2D eigenvalue weighted by atomic mass is 19.1. The van der Waals surface area contributed by atoms with Crippen LogP contribution in [0.5, 0.6) is 0 Å². The zero-order chi connectivity index (χ0) is 15.2. The first kappa shape index (κ1) is 16.3. The van der Waals surface area contributed by atoms with Gasteiger partial charge in [-0.15, -0.1) is 0 Å². The Labute approximate surface area is 125 Å². The lowest BCUT2D eigenvalue weighted by Crippen LogP contribution is -2.46. The number of nitrogens with one attached hydrogen (secondary N) is 2. The lowest BCUT2D eigenvalue weighted by atomic mass is 10.0. The first-order valence-electron chi connectivity index (χ1n) is 7.56. The topological polar surface area (TPSA) is 33.3 Å². The molecule has 1 aromatic carbocycles. The maximum Gasteiger partial charge on any atom is 0.129 e. The molecule has 1 heterocycles. The third-order valence-electron chi connectivity index (χ3n) is 3.78. The van der Waals surface area contributed by atoms with Crippen LogP contribution in [0.25, 0.3) is 0 Å². The van der Waals surface area contributed by atoms with Crippen molar-refractivity contribution in [1.29, 1.82) is 0 Å². The Morgan fingerprint density at radius 2 is 2.00 bits per heavy atom. The minimum absolute atomic E-state index is 0.0101. The van der Waals surface area contributed by atoms with E-state index in [4.69, 9.17) is 4.74 Å². The maximum atomic E-state index is 13.6. The van der Waals surface area contributed by atoms with E-state index in [1.54, 1.807) is 0 Å². The summed E-state index contributed by atoms with van der Waals surface area (Å²) >= 11 is 0. The van der Waals surface area contributed by atoms with E-state index in [0.29, 0.717) is 12.5 Å². The van der Waals surface area contributed by atoms with Gasteiger partial charge in [-0.1, -0.05) is 6.07 Å².